The molecule has 0 aromatic rings. The summed E-state index contributed by atoms with van der Waals surface area (Å²) in [7, 11) is 4.11. The fourth-order valence-electron chi connectivity index (χ4n) is 2.83. The minimum absolute atomic E-state index is 0.0951. The fraction of sp³-hybridized carbons (Fsp3) is 1.00. The molecular weight excluding hydrogens is 240 g/mol. The van der Waals surface area contributed by atoms with Crippen molar-refractivity contribution >= 4 is 0 Å². The highest BCUT2D eigenvalue weighted by Gasteiger charge is 2.24. The Bertz CT molecular complexity index is 218. The number of nitrogens with zero attached hydrogens (tertiary/aromatic N) is 1. The second-order valence-corrected chi connectivity index (χ2v) is 5.90. The van der Waals surface area contributed by atoms with Gasteiger partial charge in [0.05, 0.1) is 12.7 Å². The van der Waals surface area contributed by atoms with Gasteiger partial charge in [0.1, 0.15) is 0 Å². The van der Waals surface area contributed by atoms with Crippen molar-refractivity contribution in [2.45, 2.75) is 57.1 Å². The Morgan fingerprint density at radius 1 is 1.42 bits per heavy atom. The van der Waals surface area contributed by atoms with Crippen molar-refractivity contribution in [3.8, 4) is 0 Å². The number of hydrogen-bond donors (Lipinski definition) is 2. The maximum atomic E-state index is 9.51. The summed E-state index contributed by atoms with van der Waals surface area (Å²) in [4.78, 5) is 2.36. The number of aliphatic hydroxyl groups excluding tert-OH is 1. The first-order chi connectivity index (χ1) is 9.15. The van der Waals surface area contributed by atoms with Gasteiger partial charge in [0, 0.05) is 18.7 Å². The molecule has 19 heavy (non-hydrogen) atoms. The van der Waals surface area contributed by atoms with E-state index < -0.39 is 0 Å². The largest absolute Gasteiger partial charge is 0.394 e. The molecule has 1 heterocycles. The van der Waals surface area contributed by atoms with Crippen molar-refractivity contribution in [2.75, 3.05) is 40.4 Å². The highest BCUT2D eigenvalue weighted by atomic mass is 16.5. The van der Waals surface area contributed by atoms with E-state index in [2.05, 4.69) is 24.2 Å². The predicted molar refractivity (Wildman–Crippen MR) is 79.5 cm³/mol. The molecule has 0 amide bonds. The average molecular weight is 272 g/mol. The lowest BCUT2D eigenvalue weighted by Gasteiger charge is -2.32. The topological polar surface area (TPSA) is 44.7 Å². The molecule has 0 aromatic heterocycles. The van der Waals surface area contributed by atoms with Crippen LogP contribution in [0.1, 0.15) is 45.4 Å². The van der Waals surface area contributed by atoms with Gasteiger partial charge in [-0.1, -0.05) is 6.92 Å². The van der Waals surface area contributed by atoms with Crippen LogP contribution >= 0.6 is 0 Å². The van der Waals surface area contributed by atoms with E-state index in [0.29, 0.717) is 6.10 Å². The molecule has 1 fully saturated rings. The third-order valence-electron chi connectivity index (χ3n) is 4.49. The van der Waals surface area contributed by atoms with Gasteiger partial charge in [-0.15, -0.1) is 0 Å². The summed E-state index contributed by atoms with van der Waals surface area (Å²) in [5.74, 6) is 0. The molecule has 2 N–H and O–H groups in total. The summed E-state index contributed by atoms with van der Waals surface area (Å²) in [5, 5.41) is 12.8. The standard InChI is InChI=1S/C15H32N2O2/c1-4-15(13-18,16-2)9-7-10-17(3)12-14-8-5-6-11-19-14/h14,16,18H,4-13H2,1-3H3. The van der Waals surface area contributed by atoms with E-state index in [4.69, 9.17) is 4.74 Å². The lowest BCUT2D eigenvalue weighted by atomic mass is 9.91. The van der Waals surface area contributed by atoms with E-state index in [0.717, 1.165) is 39.0 Å². The van der Waals surface area contributed by atoms with E-state index in [-0.39, 0.29) is 12.1 Å². The highest BCUT2D eigenvalue weighted by Crippen LogP contribution is 2.17. The number of nitrogens with one attached hydrogen (secondary N) is 1. The van der Waals surface area contributed by atoms with Crippen molar-refractivity contribution in [3.05, 3.63) is 0 Å². The molecule has 4 nitrogen and oxygen atoms in total. The lowest BCUT2D eigenvalue weighted by Crippen LogP contribution is -2.46. The second kappa shape index (κ2) is 8.90. The van der Waals surface area contributed by atoms with Crippen LogP contribution in [0.25, 0.3) is 0 Å². The van der Waals surface area contributed by atoms with Gasteiger partial charge in [-0.25, -0.2) is 0 Å². The fourth-order valence-corrected chi connectivity index (χ4v) is 2.83. The zero-order valence-electron chi connectivity index (χ0n) is 13.0. The third kappa shape index (κ3) is 5.78. The molecule has 0 saturated carbocycles. The molecule has 1 aliphatic rings. The third-order valence-corrected chi connectivity index (χ3v) is 4.49. The maximum Gasteiger partial charge on any atom is 0.0701 e. The van der Waals surface area contributed by atoms with Crippen molar-refractivity contribution < 1.29 is 9.84 Å². The highest BCUT2D eigenvalue weighted by molar-refractivity contribution is 4.84. The molecule has 0 aliphatic carbocycles. The van der Waals surface area contributed by atoms with Gasteiger partial charge in [0.15, 0.2) is 0 Å². The smallest absolute Gasteiger partial charge is 0.0701 e. The number of rotatable bonds is 9. The molecule has 114 valence electrons. The van der Waals surface area contributed by atoms with Crippen LogP contribution in [0.2, 0.25) is 0 Å². The first kappa shape index (κ1) is 16.9. The summed E-state index contributed by atoms with van der Waals surface area (Å²) in [6.45, 7) is 5.39. The van der Waals surface area contributed by atoms with E-state index in [1.807, 2.05) is 7.05 Å². The Kier molecular flexibility index (Phi) is 7.91. The van der Waals surface area contributed by atoms with Crippen LogP contribution < -0.4 is 5.32 Å². The molecule has 2 unspecified atom stereocenters. The van der Waals surface area contributed by atoms with Gasteiger partial charge in [0.25, 0.3) is 0 Å². The molecule has 0 aromatic carbocycles. The van der Waals surface area contributed by atoms with E-state index in [1.165, 1.54) is 19.3 Å². The Morgan fingerprint density at radius 3 is 2.74 bits per heavy atom. The number of ether oxygens (including phenoxy) is 1. The first-order valence-corrected chi connectivity index (χ1v) is 7.75. The second-order valence-electron chi connectivity index (χ2n) is 5.90. The molecule has 1 aliphatic heterocycles. The number of hydrogen-bond acceptors (Lipinski definition) is 4. The zero-order valence-corrected chi connectivity index (χ0v) is 13.0. The molecule has 4 heteroatoms. The van der Waals surface area contributed by atoms with Gasteiger partial charge >= 0.3 is 0 Å². The monoisotopic (exact) mass is 272 g/mol. The van der Waals surface area contributed by atoms with Gasteiger partial charge in [-0.3, -0.25) is 0 Å². The van der Waals surface area contributed by atoms with Crippen LogP contribution in [-0.2, 0) is 4.74 Å². The van der Waals surface area contributed by atoms with Crippen molar-refractivity contribution in [1.82, 2.24) is 10.2 Å². The minimum atomic E-state index is -0.0951. The zero-order chi connectivity index (χ0) is 14.1. The van der Waals surface area contributed by atoms with Crippen LogP contribution in [0.5, 0.6) is 0 Å². The van der Waals surface area contributed by atoms with Crippen molar-refractivity contribution in [1.29, 1.82) is 0 Å². The molecule has 0 radical (unpaired) electrons. The van der Waals surface area contributed by atoms with Gasteiger partial charge in [-0.2, -0.15) is 0 Å². The Morgan fingerprint density at radius 2 is 2.21 bits per heavy atom. The summed E-state index contributed by atoms with van der Waals surface area (Å²) < 4.78 is 5.77. The first-order valence-electron chi connectivity index (χ1n) is 7.75. The van der Waals surface area contributed by atoms with E-state index >= 15 is 0 Å². The Labute approximate surface area is 118 Å². The van der Waals surface area contributed by atoms with Gasteiger partial charge < -0.3 is 20.1 Å². The van der Waals surface area contributed by atoms with Crippen molar-refractivity contribution in [2.24, 2.45) is 0 Å². The van der Waals surface area contributed by atoms with Gasteiger partial charge in [0.2, 0.25) is 0 Å². The number of likely N-dealkylation sites (N-methyl/N-ethyl adjacent to an activating group) is 2. The van der Waals surface area contributed by atoms with Crippen molar-refractivity contribution in [3.63, 3.8) is 0 Å². The predicted octanol–water partition coefficient (Wildman–Crippen LogP) is 1.63. The quantitative estimate of drug-likeness (QED) is 0.669. The molecule has 0 spiro atoms. The average Bonchev–Trinajstić information content (AvgIpc) is 2.45. The normalized spacial score (nSPS) is 23.5. The molecule has 2 atom stereocenters. The molecule has 1 rings (SSSR count). The minimum Gasteiger partial charge on any atom is -0.394 e. The summed E-state index contributed by atoms with van der Waals surface area (Å²) >= 11 is 0. The van der Waals surface area contributed by atoms with E-state index in [1.54, 1.807) is 0 Å². The Balaban J connectivity index is 2.20. The molecular formula is C15H32N2O2. The SMILES string of the molecule is CCC(CO)(CCCN(C)CC1CCCCO1)NC. The van der Waals surface area contributed by atoms with Crippen LogP contribution in [0.3, 0.4) is 0 Å². The Hall–Kier alpha value is -0.160. The summed E-state index contributed by atoms with van der Waals surface area (Å²) in [6.07, 6.45) is 7.26. The number of aliphatic hydroxyl groups is 1. The van der Waals surface area contributed by atoms with Crippen LogP contribution in [0, 0.1) is 0 Å². The summed E-state index contributed by atoms with van der Waals surface area (Å²) in [6, 6.07) is 0. The maximum absolute atomic E-state index is 9.51. The lowest BCUT2D eigenvalue weighted by molar-refractivity contribution is -0.00200. The van der Waals surface area contributed by atoms with Crippen LogP contribution in [-0.4, -0.2) is 62.0 Å². The molecule has 1 saturated heterocycles. The van der Waals surface area contributed by atoms with Gasteiger partial charge in [-0.05, 0) is 59.2 Å². The van der Waals surface area contributed by atoms with Crippen LogP contribution in [0.4, 0.5) is 0 Å². The van der Waals surface area contributed by atoms with Crippen LogP contribution in [0.15, 0.2) is 0 Å². The van der Waals surface area contributed by atoms with E-state index in [9.17, 15) is 5.11 Å². The summed E-state index contributed by atoms with van der Waals surface area (Å²) in [5.41, 5.74) is -0.0951. The molecule has 0 bridgehead atoms.